The van der Waals surface area contributed by atoms with Gasteiger partial charge >= 0.3 is 0 Å². The number of aryl methyl sites for hydroxylation is 2. The normalized spacial score (nSPS) is 19.2. The number of nitrogens with one attached hydrogen (secondary N) is 1. The van der Waals surface area contributed by atoms with Gasteiger partial charge < -0.3 is 15.3 Å². The van der Waals surface area contributed by atoms with E-state index in [9.17, 15) is 14.7 Å². The molecule has 3 aromatic rings. The molecule has 1 amide bonds. The number of piperazine rings is 1. The molecule has 0 spiro atoms. The lowest BCUT2D eigenvalue weighted by Crippen LogP contribution is -2.41. The summed E-state index contributed by atoms with van der Waals surface area (Å²) in [6.07, 6.45) is 6.42. The van der Waals surface area contributed by atoms with E-state index >= 15 is 0 Å². The van der Waals surface area contributed by atoms with Gasteiger partial charge in [0.15, 0.2) is 0 Å². The van der Waals surface area contributed by atoms with Crippen LogP contribution in [-0.4, -0.2) is 70.0 Å². The van der Waals surface area contributed by atoms with Crippen LogP contribution >= 0.6 is 0 Å². The topological polar surface area (TPSA) is 103 Å². The standard InChI is InChI=1S/C36H46N6O3/c1-6-24(2)32(20-28-22-40(3)17-18-41(28)4)37-34-21-33(39-42(5)36(34)45)29-15-10-16-31(30(29)23-43)38-35(44)27-14-9-13-25-11-7-8-12-26(25)19-27/h7-8,10-12,15-16,20-21,24,27,43H,6,9,13-14,17-19,22-23H2,1-5H3,(H,38,44)/b28-20+,37-32?. The Balaban J connectivity index is 1.48. The smallest absolute Gasteiger partial charge is 0.292 e. The van der Waals surface area contributed by atoms with E-state index < -0.39 is 0 Å². The summed E-state index contributed by atoms with van der Waals surface area (Å²) in [4.78, 5) is 36.3. The number of anilines is 1. The van der Waals surface area contributed by atoms with Crippen LogP contribution in [0.2, 0.25) is 0 Å². The average molecular weight is 611 g/mol. The molecule has 0 bridgehead atoms. The number of carbonyl (C=O) groups is 1. The SMILES string of the molecule is CCC(C)C(/C=C1\CN(C)CCN1C)=Nc1cc(-c2cccc(NC(=O)C3CCCc4ccccc4C3)c2CO)nn(C)c1=O. The maximum atomic E-state index is 13.5. The summed E-state index contributed by atoms with van der Waals surface area (Å²) < 4.78 is 1.30. The maximum Gasteiger partial charge on any atom is 0.292 e. The lowest BCUT2D eigenvalue weighted by molar-refractivity contribution is -0.120. The fourth-order valence-corrected chi connectivity index (χ4v) is 6.18. The number of likely N-dealkylation sites (N-methyl/N-ethyl adjacent to an activating group) is 2. The molecule has 1 aliphatic heterocycles. The Morgan fingerprint density at radius 3 is 2.67 bits per heavy atom. The van der Waals surface area contributed by atoms with Crippen LogP contribution in [0.3, 0.4) is 0 Å². The molecule has 5 rings (SSSR count). The van der Waals surface area contributed by atoms with Crippen LogP contribution in [0.5, 0.6) is 0 Å². The van der Waals surface area contributed by atoms with E-state index in [0.717, 1.165) is 56.7 Å². The molecule has 2 atom stereocenters. The number of aromatic nitrogens is 2. The van der Waals surface area contributed by atoms with E-state index in [2.05, 4.69) is 72.4 Å². The van der Waals surface area contributed by atoms with Crippen LogP contribution in [0.15, 0.2) is 70.1 Å². The minimum absolute atomic E-state index is 0.0539. The molecule has 2 unspecified atom stereocenters. The highest BCUT2D eigenvalue weighted by molar-refractivity contribution is 5.99. The lowest BCUT2D eigenvalue weighted by Gasteiger charge is -2.34. The predicted octanol–water partition coefficient (Wildman–Crippen LogP) is 4.95. The third kappa shape index (κ3) is 7.43. The summed E-state index contributed by atoms with van der Waals surface area (Å²) in [6, 6.07) is 15.5. The van der Waals surface area contributed by atoms with Crippen molar-refractivity contribution in [3.05, 3.63) is 87.3 Å². The second-order valence-corrected chi connectivity index (χ2v) is 12.5. The molecule has 9 heteroatoms. The number of carbonyl (C=O) groups excluding carboxylic acids is 1. The highest BCUT2D eigenvalue weighted by atomic mass is 16.3. The Kier molecular flexibility index (Phi) is 10.3. The number of aliphatic imine (C=N–C) groups is 1. The Morgan fingerprint density at radius 1 is 1.13 bits per heavy atom. The van der Waals surface area contributed by atoms with Crippen molar-refractivity contribution in [1.29, 1.82) is 0 Å². The fourth-order valence-electron chi connectivity index (χ4n) is 6.18. The van der Waals surface area contributed by atoms with Crippen LogP contribution < -0.4 is 10.9 Å². The third-order valence-corrected chi connectivity index (χ3v) is 9.29. The van der Waals surface area contributed by atoms with E-state index in [1.54, 1.807) is 13.1 Å². The Bertz CT molecular complexity index is 1660. The summed E-state index contributed by atoms with van der Waals surface area (Å²) in [7, 11) is 5.81. The minimum Gasteiger partial charge on any atom is -0.392 e. The average Bonchev–Trinajstić information content (AvgIpc) is 3.26. The number of hydrogen-bond acceptors (Lipinski definition) is 7. The summed E-state index contributed by atoms with van der Waals surface area (Å²) in [6.45, 7) is 6.69. The monoisotopic (exact) mass is 610 g/mol. The second-order valence-electron chi connectivity index (χ2n) is 12.5. The molecule has 2 N–H and O–H groups in total. The predicted molar refractivity (Wildman–Crippen MR) is 181 cm³/mol. The van der Waals surface area contributed by atoms with Gasteiger partial charge in [0.1, 0.15) is 5.69 Å². The zero-order valence-corrected chi connectivity index (χ0v) is 27.2. The molecule has 1 aromatic heterocycles. The molecule has 2 aromatic carbocycles. The lowest BCUT2D eigenvalue weighted by atomic mass is 9.95. The van der Waals surface area contributed by atoms with Gasteiger partial charge in [0.2, 0.25) is 5.91 Å². The number of amides is 1. The van der Waals surface area contributed by atoms with Gasteiger partial charge in [-0.15, -0.1) is 0 Å². The van der Waals surface area contributed by atoms with Gasteiger partial charge in [-0.05, 0) is 74.4 Å². The Labute approximate surface area is 266 Å². The van der Waals surface area contributed by atoms with Crippen LogP contribution in [0.4, 0.5) is 11.4 Å². The molecule has 2 aliphatic rings. The van der Waals surface area contributed by atoms with Crippen molar-refractivity contribution in [1.82, 2.24) is 19.6 Å². The largest absolute Gasteiger partial charge is 0.392 e. The van der Waals surface area contributed by atoms with Crippen molar-refractivity contribution >= 4 is 23.0 Å². The number of aliphatic hydroxyl groups excluding tert-OH is 1. The number of allylic oxidation sites excluding steroid dienone is 1. The van der Waals surface area contributed by atoms with Crippen LogP contribution in [0.1, 0.15) is 49.8 Å². The number of fused-ring (bicyclic) bond motifs is 1. The molecule has 9 nitrogen and oxygen atoms in total. The van der Waals surface area contributed by atoms with E-state index in [1.165, 1.54) is 15.8 Å². The molecule has 2 heterocycles. The van der Waals surface area contributed by atoms with Crippen molar-refractivity contribution in [2.24, 2.45) is 23.9 Å². The number of hydrogen-bond donors (Lipinski definition) is 2. The van der Waals surface area contributed by atoms with Gasteiger partial charge in [-0.25, -0.2) is 9.67 Å². The molecule has 0 radical (unpaired) electrons. The van der Waals surface area contributed by atoms with Gasteiger partial charge in [-0.1, -0.05) is 50.2 Å². The molecule has 238 valence electrons. The first kappa shape index (κ1) is 32.3. The van der Waals surface area contributed by atoms with Gasteiger partial charge in [0.05, 0.1) is 12.3 Å². The summed E-state index contributed by atoms with van der Waals surface area (Å²) in [5.41, 5.74) is 6.79. The zero-order chi connectivity index (χ0) is 32.1. The fraction of sp³-hybridized carbons (Fsp3) is 0.444. The highest BCUT2D eigenvalue weighted by Crippen LogP contribution is 2.31. The first-order valence-corrected chi connectivity index (χ1v) is 16.1. The molecule has 1 aliphatic carbocycles. The maximum absolute atomic E-state index is 13.5. The van der Waals surface area contributed by atoms with Gasteiger partial charge in [-0.3, -0.25) is 14.5 Å². The van der Waals surface area contributed by atoms with Gasteiger partial charge in [0, 0.05) is 67.9 Å². The molecule has 1 fully saturated rings. The van der Waals surface area contributed by atoms with E-state index in [-0.39, 0.29) is 35.6 Å². The zero-order valence-electron chi connectivity index (χ0n) is 27.2. The van der Waals surface area contributed by atoms with Crippen LogP contribution in [0, 0.1) is 11.8 Å². The van der Waals surface area contributed by atoms with Crippen molar-refractivity contribution in [2.45, 2.75) is 52.6 Å². The van der Waals surface area contributed by atoms with Crippen molar-refractivity contribution in [3.63, 3.8) is 0 Å². The molecular formula is C36H46N6O3. The summed E-state index contributed by atoms with van der Waals surface area (Å²) in [5.74, 6) is -0.0691. The van der Waals surface area contributed by atoms with Crippen molar-refractivity contribution in [2.75, 3.05) is 39.0 Å². The Hall–Kier alpha value is -4.08. The number of rotatable bonds is 8. The first-order chi connectivity index (χ1) is 21.7. The van der Waals surface area contributed by atoms with Crippen LogP contribution in [-0.2, 0) is 31.3 Å². The van der Waals surface area contributed by atoms with Gasteiger partial charge in [-0.2, -0.15) is 5.10 Å². The van der Waals surface area contributed by atoms with E-state index in [0.29, 0.717) is 28.9 Å². The summed E-state index contributed by atoms with van der Waals surface area (Å²) in [5, 5.41) is 18.2. The van der Waals surface area contributed by atoms with Crippen molar-refractivity contribution < 1.29 is 9.90 Å². The molecule has 45 heavy (non-hydrogen) atoms. The third-order valence-electron chi connectivity index (χ3n) is 9.29. The number of aliphatic hydroxyl groups is 1. The quantitative estimate of drug-likeness (QED) is 0.276. The van der Waals surface area contributed by atoms with E-state index in [1.807, 2.05) is 24.3 Å². The van der Waals surface area contributed by atoms with E-state index in [4.69, 9.17) is 4.99 Å². The van der Waals surface area contributed by atoms with Crippen molar-refractivity contribution in [3.8, 4) is 11.3 Å². The Morgan fingerprint density at radius 2 is 1.91 bits per heavy atom. The number of benzene rings is 2. The first-order valence-electron chi connectivity index (χ1n) is 16.1. The molecular weight excluding hydrogens is 564 g/mol. The molecule has 0 saturated carbocycles. The molecule has 1 saturated heterocycles. The highest BCUT2D eigenvalue weighted by Gasteiger charge is 2.25. The second kappa shape index (κ2) is 14.3. The summed E-state index contributed by atoms with van der Waals surface area (Å²) >= 11 is 0. The van der Waals surface area contributed by atoms with Gasteiger partial charge in [0.25, 0.3) is 5.56 Å². The number of nitrogens with zero attached hydrogens (tertiary/aromatic N) is 5. The van der Waals surface area contributed by atoms with Crippen LogP contribution in [0.25, 0.3) is 11.3 Å². The minimum atomic E-state index is -0.299.